The Bertz CT molecular complexity index is 477. The molecule has 1 atom stereocenters. The quantitative estimate of drug-likeness (QED) is 0.848. The zero-order valence-corrected chi connectivity index (χ0v) is 11.9. The highest BCUT2D eigenvalue weighted by Crippen LogP contribution is 2.18. The number of hydrogen-bond acceptors (Lipinski definition) is 3. The van der Waals surface area contributed by atoms with Gasteiger partial charge >= 0.3 is 0 Å². The fraction of sp³-hybridized carbons (Fsp3) is 0.500. The summed E-state index contributed by atoms with van der Waals surface area (Å²) in [5.74, 6) is -0.346. The van der Waals surface area contributed by atoms with E-state index < -0.39 is 6.04 Å². The molecule has 0 spiro atoms. The summed E-state index contributed by atoms with van der Waals surface area (Å²) < 4.78 is 1.40. The van der Waals surface area contributed by atoms with Crippen molar-refractivity contribution in [1.82, 2.24) is 4.57 Å². The molecule has 1 aromatic heterocycles. The van der Waals surface area contributed by atoms with E-state index in [1.165, 1.54) is 4.57 Å². The summed E-state index contributed by atoms with van der Waals surface area (Å²) in [6.07, 6.45) is 1.63. The second-order valence-corrected chi connectivity index (χ2v) is 5.17. The lowest BCUT2D eigenvalue weighted by Gasteiger charge is -2.25. The van der Waals surface area contributed by atoms with Crippen LogP contribution in [0, 0.1) is 5.41 Å². The molecule has 1 rings (SSSR count). The van der Waals surface area contributed by atoms with Crippen LogP contribution < -0.4 is 16.6 Å². The maximum atomic E-state index is 11.8. The fourth-order valence-corrected chi connectivity index (χ4v) is 1.30. The Morgan fingerprint density at radius 2 is 2.00 bits per heavy atom. The molecular weight excluding hydrogens is 254 g/mol. The average Bonchev–Trinajstić information content (AvgIpc) is 2.22. The van der Waals surface area contributed by atoms with E-state index in [-0.39, 0.29) is 35.0 Å². The molecule has 3 N–H and O–H groups in total. The van der Waals surface area contributed by atoms with Gasteiger partial charge < -0.3 is 15.6 Å². The van der Waals surface area contributed by atoms with Crippen LogP contribution in [0.1, 0.15) is 20.8 Å². The monoisotopic (exact) mass is 273 g/mol. The number of aromatic nitrogens is 1. The molecule has 0 bridgehead atoms. The molecule has 1 heterocycles. The third-order valence-corrected chi connectivity index (χ3v) is 2.60. The summed E-state index contributed by atoms with van der Waals surface area (Å²) in [6.45, 7) is 5.63. The van der Waals surface area contributed by atoms with Crippen molar-refractivity contribution >= 4 is 24.0 Å². The van der Waals surface area contributed by atoms with E-state index in [4.69, 9.17) is 5.73 Å². The summed E-state index contributed by atoms with van der Waals surface area (Å²) in [5.41, 5.74) is 5.47. The van der Waals surface area contributed by atoms with Gasteiger partial charge in [-0.05, 0) is 17.5 Å². The third-order valence-electron chi connectivity index (χ3n) is 2.60. The molecule has 0 fully saturated rings. The smallest absolute Gasteiger partial charge is 0.274 e. The van der Waals surface area contributed by atoms with Gasteiger partial charge in [-0.2, -0.15) is 0 Å². The van der Waals surface area contributed by atoms with Gasteiger partial charge in [0.25, 0.3) is 5.56 Å². The Balaban J connectivity index is 0.00000289. The van der Waals surface area contributed by atoms with E-state index in [2.05, 4.69) is 5.32 Å². The lowest BCUT2D eigenvalue weighted by Crippen LogP contribution is -2.46. The van der Waals surface area contributed by atoms with Crippen LogP contribution in [0.3, 0.4) is 0 Å². The molecule has 0 aliphatic heterocycles. The second kappa shape index (κ2) is 6.02. The van der Waals surface area contributed by atoms with Gasteiger partial charge in [-0.1, -0.05) is 20.8 Å². The zero-order valence-electron chi connectivity index (χ0n) is 11.1. The van der Waals surface area contributed by atoms with E-state index in [0.717, 1.165) is 0 Å². The number of hydrogen-bond donors (Lipinski definition) is 2. The van der Waals surface area contributed by atoms with Gasteiger partial charge in [0.1, 0.15) is 5.69 Å². The topological polar surface area (TPSA) is 77.1 Å². The molecule has 6 heteroatoms. The Morgan fingerprint density at radius 1 is 1.44 bits per heavy atom. The van der Waals surface area contributed by atoms with Crippen molar-refractivity contribution in [3.63, 3.8) is 0 Å². The molecule has 1 aromatic rings. The number of anilines is 1. The first-order valence-corrected chi connectivity index (χ1v) is 5.45. The summed E-state index contributed by atoms with van der Waals surface area (Å²) in [7, 11) is 1.63. The van der Waals surface area contributed by atoms with Crippen molar-refractivity contribution in [1.29, 1.82) is 0 Å². The van der Waals surface area contributed by atoms with E-state index in [1.807, 2.05) is 20.8 Å². The standard InChI is InChI=1S/C12H19N3O2.ClH/c1-12(2,3)9(13)10(16)14-8-6-5-7-15(4)11(8)17;/h5-7,9H,13H2,1-4H3,(H,14,16);1H/t9-;/m1./s1. The number of nitrogens with two attached hydrogens (primary N) is 1. The van der Waals surface area contributed by atoms with Gasteiger partial charge in [0.2, 0.25) is 5.91 Å². The molecular formula is C12H20ClN3O2. The minimum absolute atomic E-state index is 0. The van der Waals surface area contributed by atoms with Crippen LogP contribution in [0.25, 0.3) is 0 Å². The number of amides is 1. The van der Waals surface area contributed by atoms with Gasteiger partial charge in [-0.25, -0.2) is 0 Å². The number of rotatable bonds is 2. The predicted octanol–water partition coefficient (Wildman–Crippen LogP) is 1.12. The van der Waals surface area contributed by atoms with E-state index in [0.29, 0.717) is 0 Å². The molecule has 0 radical (unpaired) electrons. The summed E-state index contributed by atoms with van der Waals surface area (Å²) in [6, 6.07) is 2.60. The van der Waals surface area contributed by atoms with Crippen molar-refractivity contribution in [2.24, 2.45) is 18.2 Å². The van der Waals surface area contributed by atoms with Gasteiger partial charge in [0, 0.05) is 13.2 Å². The van der Waals surface area contributed by atoms with Gasteiger partial charge in [0.05, 0.1) is 6.04 Å². The van der Waals surface area contributed by atoms with E-state index >= 15 is 0 Å². The molecule has 18 heavy (non-hydrogen) atoms. The summed E-state index contributed by atoms with van der Waals surface area (Å²) in [5, 5.41) is 2.56. The minimum atomic E-state index is -0.660. The molecule has 0 unspecified atom stereocenters. The van der Waals surface area contributed by atoms with Crippen LogP contribution in [0.4, 0.5) is 5.69 Å². The van der Waals surface area contributed by atoms with Crippen molar-refractivity contribution in [2.45, 2.75) is 26.8 Å². The van der Waals surface area contributed by atoms with Crippen LogP contribution in [-0.4, -0.2) is 16.5 Å². The van der Waals surface area contributed by atoms with E-state index in [1.54, 1.807) is 25.4 Å². The Labute approximate surface area is 113 Å². The van der Waals surface area contributed by atoms with Crippen molar-refractivity contribution in [3.8, 4) is 0 Å². The molecule has 0 saturated heterocycles. The van der Waals surface area contributed by atoms with E-state index in [9.17, 15) is 9.59 Å². The predicted molar refractivity (Wildman–Crippen MR) is 75.0 cm³/mol. The first kappa shape index (κ1) is 16.7. The lowest BCUT2D eigenvalue weighted by molar-refractivity contribution is -0.119. The molecule has 0 aromatic carbocycles. The summed E-state index contributed by atoms with van der Waals surface area (Å²) in [4.78, 5) is 23.5. The number of carbonyl (C=O) groups excluding carboxylic acids is 1. The van der Waals surface area contributed by atoms with Crippen molar-refractivity contribution < 1.29 is 4.79 Å². The highest BCUT2D eigenvalue weighted by molar-refractivity contribution is 5.95. The first-order valence-electron chi connectivity index (χ1n) is 5.45. The SMILES string of the molecule is Cl.Cn1cccc(NC(=O)[C@@H](N)C(C)(C)C)c1=O. The molecule has 0 aliphatic rings. The van der Waals surface area contributed by atoms with Gasteiger partial charge in [0.15, 0.2) is 0 Å². The molecule has 102 valence electrons. The number of nitrogens with zero attached hydrogens (tertiary/aromatic N) is 1. The normalized spacial score (nSPS) is 12.5. The number of pyridine rings is 1. The van der Waals surface area contributed by atoms with Crippen LogP contribution in [0.15, 0.2) is 23.1 Å². The largest absolute Gasteiger partial charge is 0.320 e. The number of carbonyl (C=O) groups is 1. The Kier molecular flexibility index (Phi) is 5.57. The van der Waals surface area contributed by atoms with Crippen LogP contribution in [0.5, 0.6) is 0 Å². The maximum Gasteiger partial charge on any atom is 0.274 e. The summed E-state index contributed by atoms with van der Waals surface area (Å²) >= 11 is 0. The van der Waals surface area contributed by atoms with Crippen molar-refractivity contribution in [3.05, 3.63) is 28.7 Å². The first-order chi connectivity index (χ1) is 7.73. The molecule has 0 saturated carbocycles. The van der Waals surface area contributed by atoms with Gasteiger partial charge in [-0.3, -0.25) is 9.59 Å². The minimum Gasteiger partial charge on any atom is -0.320 e. The average molecular weight is 274 g/mol. The van der Waals surface area contributed by atoms with Crippen LogP contribution >= 0.6 is 12.4 Å². The lowest BCUT2D eigenvalue weighted by atomic mass is 9.87. The highest BCUT2D eigenvalue weighted by atomic mass is 35.5. The highest BCUT2D eigenvalue weighted by Gasteiger charge is 2.27. The third kappa shape index (κ3) is 3.85. The fourth-order valence-electron chi connectivity index (χ4n) is 1.30. The van der Waals surface area contributed by atoms with Gasteiger partial charge in [-0.15, -0.1) is 12.4 Å². The number of aryl methyl sites for hydroxylation is 1. The van der Waals surface area contributed by atoms with Crippen LogP contribution in [-0.2, 0) is 11.8 Å². The number of halogens is 1. The Morgan fingerprint density at radius 3 is 2.50 bits per heavy atom. The zero-order chi connectivity index (χ0) is 13.2. The molecule has 0 aliphatic carbocycles. The Hall–Kier alpha value is -1.33. The molecule has 1 amide bonds. The second-order valence-electron chi connectivity index (χ2n) is 5.17. The van der Waals surface area contributed by atoms with Crippen LogP contribution in [0.2, 0.25) is 0 Å². The molecule has 5 nitrogen and oxygen atoms in total. The maximum absolute atomic E-state index is 11.8. The van der Waals surface area contributed by atoms with Crippen molar-refractivity contribution in [2.75, 3.05) is 5.32 Å². The number of nitrogens with one attached hydrogen (secondary N) is 1.